The van der Waals surface area contributed by atoms with E-state index in [0.29, 0.717) is 11.1 Å². The van der Waals surface area contributed by atoms with E-state index in [4.69, 9.17) is 0 Å². The molecule has 1 aromatic heterocycles. The smallest absolute Gasteiger partial charge is 0.230 e. The standard InChI is InChI=1S/C22H27N5OS/c1-15(2)13-19(18-11-6-5-7-12-18)23-20(28)14-29-22-24-25-26-27(22)21-16(3)9-8-10-17(21)4/h5-12,15,19H,13-14H2,1-4H3,(H,23,28)/t19-/m0/s1. The molecule has 0 saturated carbocycles. The summed E-state index contributed by atoms with van der Waals surface area (Å²) in [7, 11) is 0. The third-order valence-corrected chi connectivity index (χ3v) is 5.59. The molecule has 2 aromatic carbocycles. The highest BCUT2D eigenvalue weighted by Crippen LogP contribution is 2.24. The molecule has 3 aromatic rings. The topological polar surface area (TPSA) is 72.7 Å². The number of aromatic nitrogens is 4. The van der Waals surface area contributed by atoms with Gasteiger partial charge in [0.15, 0.2) is 0 Å². The van der Waals surface area contributed by atoms with Crippen LogP contribution in [0.3, 0.4) is 0 Å². The highest BCUT2D eigenvalue weighted by molar-refractivity contribution is 7.99. The maximum atomic E-state index is 12.7. The fourth-order valence-electron chi connectivity index (χ4n) is 3.35. The lowest BCUT2D eigenvalue weighted by molar-refractivity contribution is -0.119. The largest absolute Gasteiger partial charge is 0.349 e. The van der Waals surface area contributed by atoms with Crippen LogP contribution in [-0.2, 0) is 4.79 Å². The molecular formula is C22H27N5OS. The first-order chi connectivity index (χ1) is 14.0. The molecule has 3 rings (SSSR count). The van der Waals surface area contributed by atoms with Gasteiger partial charge in [0.25, 0.3) is 0 Å². The molecule has 0 aliphatic carbocycles. The summed E-state index contributed by atoms with van der Waals surface area (Å²) in [6.45, 7) is 8.38. The maximum absolute atomic E-state index is 12.7. The van der Waals surface area contributed by atoms with Crippen LogP contribution in [0.5, 0.6) is 0 Å². The molecule has 0 aliphatic heterocycles. The number of benzene rings is 2. The number of para-hydroxylation sites is 1. The molecular weight excluding hydrogens is 382 g/mol. The first-order valence-corrected chi connectivity index (χ1v) is 10.8. The van der Waals surface area contributed by atoms with E-state index in [1.807, 2.05) is 50.2 Å². The van der Waals surface area contributed by atoms with Crippen LogP contribution < -0.4 is 5.32 Å². The van der Waals surface area contributed by atoms with Crippen molar-refractivity contribution in [1.29, 1.82) is 0 Å². The minimum Gasteiger partial charge on any atom is -0.349 e. The van der Waals surface area contributed by atoms with Gasteiger partial charge in [0.1, 0.15) is 0 Å². The van der Waals surface area contributed by atoms with Crippen molar-refractivity contribution in [3.8, 4) is 5.69 Å². The summed E-state index contributed by atoms with van der Waals surface area (Å²) in [5.41, 5.74) is 4.26. The number of nitrogens with zero attached hydrogens (tertiary/aromatic N) is 4. The summed E-state index contributed by atoms with van der Waals surface area (Å²) in [5, 5.41) is 15.9. The van der Waals surface area contributed by atoms with Gasteiger partial charge in [0.2, 0.25) is 11.1 Å². The molecule has 0 fully saturated rings. The fraction of sp³-hybridized carbons (Fsp3) is 0.364. The zero-order chi connectivity index (χ0) is 20.8. The van der Waals surface area contributed by atoms with Crippen LogP contribution in [0, 0.1) is 19.8 Å². The number of rotatable bonds is 8. The Bertz CT molecular complexity index is 935. The highest BCUT2D eigenvalue weighted by atomic mass is 32.2. The van der Waals surface area contributed by atoms with Gasteiger partial charge in [0.05, 0.1) is 17.5 Å². The Kier molecular flexibility index (Phi) is 7.04. The maximum Gasteiger partial charge on any atom is 0.230 e. The zero-order valence-electron chi connectivity index (χ0n) is 17.3. The van der Waals surface area contributed by atoms with Crippen molar-refractivity contribution in [1.82, 2.24) is 25.5 Å². The predicted octanol–water partition coefficient (Wildman–Crippen LogP) is 4.27. The summed E-state index contributed by atoms with van der Waals surface area (Å²) < 4.78 is 1.71. The van der Waals surface area contributed by atoms with Crippen molar-refractivity contribution < 1.29 is 4.79 Å². The molecule has 0 spiro atoms. The van der Waals surface area contributed by atoms with Gasteiger partial charge in [-0.3, -0.25) is 4.79 Å². The van der Waals surface area contributed by atoms with Gasteiger partial charge < -0.3 is 5.32 Å². The van der Waals surface area contributed by atoms with Crippen molar-refractivity contribution in [3.05, 3.63) is 65.2 Å². The molecule has 0 unspecified atom stereocenters. The Hall–Kier alpha value is -2.67. The van der Waals surface area contributed by atoms with Gasteiger partial charge >= 0.3 is 0 Å². The summed E-state index contributed by atoms with van der Waals surface area (Å²) in [4.78, 5) is 12.7. The lowest BCUT2D eigenvalue weighted by Crippen LogP contribution is -2.31. The van der Waals surface area contributed by atoms with E-state index in [-0.39, 0.29) is 17.7 Å². The molecule has 1 amide bonds. The molecule has 0 bridgehead atoms. The summed E-state index contributed by atoms with van der Waals surface area (Å²) in [5.74, 6) is 0.706. The quantitative estimate of drug-likeness (QED) is 0.562. The molecule has 1 heterocycles. The normalized spacial score (nSPS) is 12.2. The Labute approximate surface area is 176 Å². The van der Waals surface area contributed by atoms with Crippen molar-refractivity contribution in [2.75, 3.05) is 5.75 Å². The fourth-order valence-corrected chi connectivity index (χ4v) is 4.04. The van der Waals surface area contributed by atoms with Crippen LogP contribution in [-0.4, -0.2) is 31.9 Å². The molecule has 6 nitrogen and oxygen atoms in total. The number of amides is 1. The van der Waals surface area contributed by atoms with E-state index in [1.54, 1.807) is 4.68 Å². The van der Waals surface area contributed by atoms with Gasteiger partial charge in [-0.15, -0.1) is 5.10 Å². The second-order valence-electron chi connectivity index (χ2n) is 7.56. The third kappa shape index (κ3) is 5.44. The Morgan fingerprint density at radius 2 is 1.76 bits per heavy atom. The predicted molar refractivity (Wildman–Crippen MR) is 116 cm³/mol. The number of tetrazole rings is 1. The minimum atomic E-state index is -0.0273. The number of aryl methyl sites for hydroxylation is 2. The van der Waals surface area contributed by atoms with Gasteiger partial charge in [-0.05, 0) is 53.3 Å². The first-order valence-electron chi connectivity index (χ1n) is 9.77. The van der Waals surface area contributed by atoms with E-state index in [9.17, 15) is 4.79 Å². The first kappa shape index (κ1) is 21.0. The number of thioether (sulfide) groups is 1. The molecule has 29 heavy (non-hydrogen) atoms. The molecule has 0 aliphatic rings. The molecule has 1 N–H and O–H groups in total. The van der Waals surface area contributed by atoms with Gasteiger partial charge in [-0.1, -0.05) is 74.1 Å². The monoisotopic (exact) mass is 409 g/mol. The van der Waals surface area contributed by atoms with Gasteiger partial charge in [-0.2, -0.15) is 4.68 Å². The Morgan fingerprint density at radius 3 is 2.41 bits per heavy atom. The summed E-state index contributed by atoms with van der Waals surface area (Å²) in [6.07, 6.45) is 0.889. The van der Waals surface area contributed by atoms with Gasteiger partial charge in [0, 0.05) is 0 Å². The van der Waals surface area contributed by atoms with Crippen LogP contribution in [0.2, 0.25) is 0 Å². The number of hydrogen-bond acceptors (Lipinski definition) is 5. The van der Waals surface area contributed by atoms with E-state index in [1.165, 1.54) is 11.8 Å². The van der Waals surface area contributed by atoms with Crippen molar-refractivity contribution in [2.45, 2.75) is 45.3 Å². The Morgan fingerprint density at radius 1 is 1.07 bits per heavy atom. The molecule has 0 saturated heterocycles. The van der Waals surface area contributed by atoms with E-state index >= 15 is 0 Å². The highest BCUT2D eigenvalue weighted by Gasteiger charge is 2.18. The van der Waals surface area contributed by atoms with Crippen LogP contribution >= 0.6 is 11.8 Å². The second kappa shape index (κ2) is 9.69. The molecule has 1 atom stereocenters. The van der Waals surface area contributed by atoms with Crippen molar-refractivity contribution >= 4 is 17.7 Å². The zero-order valence-corrected chi connectivity index (χ0v) is 18.1. The molecule has 152 valence electrons. The van der Waals surface area contributed by atoms with Crippen LogP contribution in [0.1, 0.15) is 43.0 Å². The number of nitrogens with one attached hydrogen (secondary N) is 1. The average Bonchev–Trinajstić information content (AvgIpc) is 3.14. The summed E-state index contributed by atoms with van der Waals surface area (Å²) in [6, 6.07) is 16.2. The lowest BCUT2D eigenvalue weighted by Gasteiger charge is -2.21. The second-order valence-corrected chi connectivity index (χ2v) is 8.51. The molecule has 0 radical (unpaired) electrons. The average molecular weight is 410 g/mol. The van der Waals surface area contributed by atoms with E-state index in [2.05, 4.69) is 46.8 Å². The number of carbonyl (C=O) groups excluding carboxylic acids is 1. The van der Waals surface area contributed by atoms with Crippen molar-refractivity contribution in [2.24, 2.45) is 5.92 Å². The SMILES string of the molecule is Cc1cccc(C)c1-n1nnnc1SCC(=O)N[C@@H](CC(C)C)c1ccccc1. The van der Waals surface area contributed by atoms with Crippen LogP contribution in [0.15, 0.2) is 53.7 Å². The number of hydrogen-bond donors (Lipinski definition) is 1. The van der Waals surface area contributed by atoms with Gasteiger partial charge in [-0.25, -0.2) is 0 Å². The number of carbonyl (C=O) groups is 1. The summed E-state index contributed by atoms with van der Waals surface area (Å²) >= 11 is 1.34. The van der Waals surface area contributed by atoms with Crippen LogP contribution in [0.25, 0.3) is 5.69 Å². The van der Waals surface area contributed by atoms with Crippen molar-refractivity contribution in [3.63, 3.8) is 0 Å². The van der Waals surface area contributed by atoms with Crippen LogP contribution in [0.4, 0.5) is 0 Å². The minimum absolute atomic E-state index is 0.00101. The van der Waals surface area contributed by atoms with E-state index < -0.39 is 0 Å². The molecule has 7 heteroatoms. The Balaban J connectivity index is 1.69. The third-order valence-electron chi connectivity index (χ3n) is 4.67. The van der Waals surface area contributed by atoms with E-state index in [0.717, 1.165) is 28.8 Å². The lowest BCUT2D eigenvalue weighted by atomic mass is 9.97.